The monoisotopic (exact) mass is 230 g/mol. The fourth-order valence-electron chi connectivity index (χ4n) is 2.21. The van der Waals surface area contributed by atoms with Crippen molar-refractivity contribution >= 4 is 0 Å². The number of pyridine rings is 1. The average Bonchev–Trinajstić information content (AvgIpc) is 2.34. The minimum Gasteiger partial charge on any atom is -0.326 e. The Morgan fingerprint density at radius 3 is 3.18 bits per heavy atom. The fraction of sp³-hybridized carbons (Fsp3) is 0.538. The fourth-order valence-corrected chi connectivity index (χ4v) is 2.21. The zero-order valence-electron chi connectivity index (χ0n) is 10.1. The maximum atomic E-state index is 8.80. The van der Waals surface area contributed by atoms with Crippen molar-refractivity contribution in [3.8, 4) is 6.07 Å². The van der Waals surface area contributed by atoms with Gasteiger partial charge >= 0.3 is 0 Å². The van der Waals surface area contributed by atoms with Crippen molar-refractivity contribution in [3.63, 3.8) is 0 Å². The van der Waals surface area contributed by atoms with Crippen LogP contribution in [0.15, 0.2) is 18.3 Å². The lowest BCUT2D eigenvalue weighted by atomic mass is 9.94. The minimum atomic E-state index is 0.265. The molecule has 1 aliphatic rings. The van der Waals surface area contributed by atoms with Gasteiger partial charge in [0.15, 0.2) is 0 Å². The van der Waals surface area contributed by atoms with Gasteiger partial charge in [-0.15, -0.1) is 0 Å². The summed E-state index contributed by atoms with van der Waals surface area (Å²) in [6.45, 7) is 5.09. The molecule has 17 heavy (non-hydrogen) atoms. The number of hydrogen-bond donors (Lipinski definition) is 1. The van der Waals surface area contributed by atoms with Crippen LogP contribution in [0.4, 0.5) is 0 Å². The largest absolute Gasteiger partial charge is 0.326 e. The van der Waals surface area contributed by atoms with Crippen LogP contribution in [0.3, 0.4) is 0 Å². The molecule has 2 heterocycles. The molecular weight excluding hydrogens is 212 g/mol. The number of rotatable bonds is 2. The van der Waals surface area contributed by atoms with Gasteiger partial charge in [-0.3, -0.25) is 4.90 Å². The van der Waals surface area contributed by atoms with E-state index < -0.39 is 0 Å². The Kier molecular flexibility index (Phi) is 3.72. The SMILES string of the molecule is CC1CCN(Cc2ccnc(C#N)c2)CC1N. The second-order valence-corrected chi connectivity index (χ2v) is 4.83. The molecule has 4 heteroatoms. The summed E-state index contributed by atoms with van der Waals surface area (Å²) in [7, 11) is 0. The summed E-state index contributed by atoms with van der Waals surface area (Å²) < 4.78 is 0. The number of nitrogens with two attached hydrogens (primary N) is 1. The van der Waals surface area contributed by atoms with Crippen molar-refractivity contribution in [2.24, 2.45) is 11.7 Å². The van der Waals surface area contributed by atoms with Gasteiger partial charge in [0.1, 0.15) is 11.8 Å². The van der Waals surface area contributed by atoms with E-state index in [1.54, 1.807) is 6.20 Å². The van der Waals surface area contributed by atoms with Crippen LogP contribution in [0.25, 0.3) is 0 Å². The molecule has 1 aromatic heterocycles. The summed E-state index contributed by atoms with van der Waals surface area (Å²) in [5.41, 5.74) is 7.69. The third-order valence-corrected chi connectivity index (χ3v) is 3.45. The molecule has 0 amide bonds. The first kappa shape index (κ1) is 12.0. The molecule has 1 aromatic rings. The number of hydrogen-bond acceptors (Lipinski definition) is 4. The van der Waals surface area contributed by atoms with Crippen molar-refractivity contribution in [2.45, 2.75) is 25.9 Å². The van der Waals surface area contributed by atoms with Crippen LogP contribution in [-0.2, 0) is 6.54 Å². The van der Waals surface area contributed by atoms with Gasteiger partial charge in [0.2, 0.25) is 0 Å². The van der Waals surface area contributed by atoms with Gasteiger partial charge < -0.3 is 5.73 Å². The predicted octanol–water partition coefficient (Wildman–Crippen LogP) is 1.12. The summed E-state index contributed by atoms with van der Waals surface area (Å²) in [6.07, 6.45) is 2.84. The summed E-state index contributed by atoms with van der Waals surface area (Å²) >= 11 is 0. The van der Waals surface area contributed by atoms with Crippen molar-refractivity contribution in [3.05, 3.63) is 29.6 Å². The molecule has 0 aliphatic carbocycles. The minimum absolute atomic E-state index is 0.265. The van der Waals surface area contributed by atoms with Crippen LogP contribution >= 0.6 is 0 Å². The molecule has 0 radical (unpaired) electrons. The maximum absolute atomic E-state index is 8.80. The molecule has 2 rings (SSSR count). The Morgan fingerprint density at radius 1 is 1.65 bits per heavy atom. The van der Waals surface area contributed by atoms with Gasteiger partial charge in [-0.05, 0) is 36.6 Å². The molecule has 0 aromatic carbocycles. The average molecular weight is 230 g/mol. The summed E-state index contributed by atoms with van der Waals surface area (Å²) in [6, 6.07) is 6.14. The molecule has 1 fully saturated rings. The Labute approximate surface area is 102 Å². The molecule has 2 atom stereocenters. The van der Waals surface area contributed by atoms with Gasteiger partial charge in [0.25, 0.3) is 0 Å². The van der Waals surface area contributed by atoms with Crippen molar-refractivity contribution in [2.75, 3.05) is 13.1 Å². The lowest BCUT2D eigenvalue weighted by Crippen LogP contribution is -2.47. The summed E-state index contributed by atoms with van der Waals surface area (Å²) in [4.78, 5) is 6.32. The first-order valence-electron chi connectivity index (χ1n) is 6.02. The zero-order valence-corrected chi connectivity index (χ0v) is 10.1. The van der Waals surface area contributed by atoms with Crippen molar-refractivity contribution in [1.29, 1.82) is 5.26 Å². The van der Waals surface area contributed by atoms with Gasteiger partial charge in [0.05, 0.1) is 0 Å². The Hall–Kier alpha value is -1.44. The van der Waals surface area contributed by atoms with E-state index in [1.165, 1.54) is 0 Å². The first-order chi connectivity index (χ1) is 8.19. The van der Waals surface area contributed by atoms with Crippen LogP contribution in [0.1, 0.15) is 24.6 Å². The highest BCUT2D eigenvalue weighted by Gasteiger charge is 2.22. The van der Waals surface area contributed by atoms with Crippen LogP contribution in [-0.4, -0.2) is 29.0 Å². The van der Waals surface area contributed by atoms with Gasteiger partial charge in [0, 0.05) is 25.3 Å². The van der Waals surface area contributed by atoms with E-state index in [0.717, 1.165) is 31.6 Å². The Balaban J connectivity index is 1.99. The Bertz CT molecular complexity index is 424. The lowest BCUT2D eigenvalue weighted by Gasteiger charge is -2.35. The molecule has 1 saturated heterocycles. The highest BCUT2D eigenvalue weighted by Crippen LogP contribution is 2.17. The van der Waals surface area contributed by atoms with Crippen LogP contribution in [0.2, 0.25) is 0 Å². The first-order valence-corrected chi connectivity index (χ1v) is 6.02. The molecule has 0 saturated carbocycles. The van der Waals surface area contributed by atoms with Gasteiger partial charge in [-0.2, -0.15) is 5.26 Å². The molecule has 2 N–H and O–H groups in total. The van der Waals surface area contributed by atoms with E-state index in [1.807, 2.05) is 12.1 Å². The molecule has 0 bridgehead atoms. The standard InChI is InChI=1S/C13H18N4/c1-10-3-5-17(9-13(10)15)8-11-2-4-16-12(6-11)7-14/h2,4,6,10,13H,3,5,8-9,15H2,1H3. The number of aromatic nitrogens is 1. The van der Waals surface area contributed by atoms with Crippen molar-refractivity contribution < 1.29 is 0 Å². The van der Waals surface area contributed by atoms with Crippen LogP contribution in [0.5, 0.6) is 0 Å². The van der Waals surface area contributed by atoms with Gasteiger partial charge in [-0.25, -0.2) is 4.98 Å². The van der Waals surface area contributed by atoms with E-state index in [0.29, 0.717) is 11.6 Å². The molecule has 90 valence electrons. The number of likely N-dealkylation sites (tertiary alicyclic amines) is 1. The molecule has 0 spiro atoms. The molecule has 2 unspecified atom stereocenters. The van der Waals surface area contributed by atoms with E-state index >= 15 is 0 Å². The zero-order chi connectivity index (χ0) is 12.3. The van der Waals surface area contributed by atoms with Crippen LogP contribution < -0.4 is 5.73 Å². The quantitative estimate of drug-likeness (QED) is 0.827. The number of piperidine rings is 1. The lowest BCUT2D eigenvalue weighted by molar-refractivity contribution is 0.162. The smallest absolute Gasteiger partial charge is 0.140 e. The number of nitriles is 1. The highest BCUT2D eigenvalue weighted by atomic mass is 15.1. The Morgan fingerprint density at radius 2 is 2.47 bits per heavy atom. The molecule has 1 aliphatic heterocycles. The van der Waals surface area contributed by atoms with E-state index in [9.17, 15) is 0 Å². The highest BCUT2D eigenvalue weighted by molar-refractivity contribution is 5.25. The molecular formula is C13H18N4. The van der Waals surface area contributed by atoms with Gasteiger partial charge in [-0.1, -0.05) is 6.92 Å². The summed E-state index contributed by atoms with van der Waals surface area (Å²) in [5.74, 6) is 0.610. The topological polar surface area (TPSA) is 65.9 Å². The maximum Gasteiger partial charge on any atom is 0.140 e. The normalized spacial score (nSPS) is 25.5. The summed E-state index contributed by atoms with van der Waals surface area (Å²) in [5, 5.41) is 8.80. The van der Waals surface area contributed by atoms with E-state index in [4.69, 9.17) is 11.0 Å². The van der Waals surface area contributed by atoms with E-state index in [-0.39, 0.29) is 6.04 Å². The van der Waals surface area contributed by atoms with Crippen molar-refractivity contribution in [1.82, 2.24) is 9.88 Å². The molecule has 4 nitrogen and oxygen atoms in total. The van der Waals surface area contributed by atoms with E-state index in [2.05, 4.69) is 22.9 Å². The second kappa shape index (κ2) is 5.26. The van der Waals surface area contributed by atoms with Crippen LogP contribution in [0, 0.1) is 17.2 Å². The third-order valence-electron chi connectivity index (χ3n) is 3.45. The predicted molar refractivity (Wildman–Crippen MR) is 66.0 cm³/mol. The third kappa shape index (κ3) is 3.02. The number of nitrogens with zero attached hydrogens (tertiary/aromatic N) is 3. The second-order valence-electron chi connectivity index (χ2n) is 4.83.